The van der Waals surface area contributed by atoms with Gasteiger partial charge >= 0.3 is 0 Å². The summed E-state index contributed by atoms with van der Waals surface area (Å²) in [7, 11) is 0. The second kappa shape index (κ2) is 7.37. The first-order valence-corrected chi connectivity index (χ1v) is 9.84. The lowest BCUT2D eigenvalue weighted by Crippen LogP contribution is -2.67. The van der Waals surface area contributed by atoms with Crippen LogP contribution in [0.1, 0.15) is 23.1 Å². The summed E-state index contributed by atoms with van der Waals surface area (Å²) in [4.78, 5) is 28.1. The Balaban J connectivity index is 1.86. The van der Waals surface area contributed by atoms with Crippen LogP contribution in [0.25, 0.3) is 0 Å². The van der Waals surface area contributed by atoms with Gasteiger partial charge in [0.15, 0.2) is 5.54 Å². The van der Waals surface area contributed by atoms with Crippen LogP contribution in [-0.2, 0) is 15.1 Å². The minimum atomic E-state index is -1.20. The molecule has 0 saturated carbocycles. The molecular formula is C24H21ClN2O2. The van der Waals surface area contributed by atoms with E-state index >= 15 is 0 Å². The van der Waals surface area contributed by atoms with Gasteiger partial charge in [-0.1, -0.05) is 66.2 Å². The molecule has 0 aromatic heterocycles. The van der Waals surface area contributed by atoms with E-state index < -0.39 is 5.54 Å². The van der Waals surface area contributed by atoms with E-state index in [1.165, 1.54) is 0 Å². The topological polar surface area (TPSA) is 49.4 Å². The molecular weight excluding hydrogens is 384 g/mol. The predicted molar refractivity (Wildman–Crippen MR) is 116 cm³/mol. The average molecular weight is 405 g/mol. The van der Waals surface area contributed by atoms with Gasteiger partial charge in [-0.05, 0) is 43.2 Å². The Morgan fingerprint density at radius 3 is 2.21 bits per heavy atom. The molecule has 1 atom stereocenters. The van der Waals surface area contributed by atoms with Gasteiger partial charge in [-0.2, -0.15) is 0 Å². The fraction of sp³-hybridized carbons (Fsp3) is 0.167. The Morgan fingerprint density at radius 1 is 0.931 bits per heavy atom. The Bertz CT molecular complexity index is 1110. The van der Waals surface area contributed by atoms with Crippen molar-refractivity contribution in [3.63, 3.8) is 0 Å². The Morgan fingerprint density at radius 2 is 1.55 bits per heavy atom. The molecule has 1 aliphatic rings. The van der Waals surface area contributed by atoms with Crippen LogP contribution in [0.5, 0.6) is 0 Å². The standard InChI is InChI=1S/C24H21ClN2O2/c1-16-9-3-7-13-20(16)26-23(29)24(18-11-5-6-12-19(18)25)15-22(28)27(24)21-14-8-4-10-17(21)2/h3-14H,15H2,1-2H3,(H,26,29). The highest BCUT2D eigenvalue weighted by Crippen LogP contribution is 2.48. The van der Waals surface area contributed by atoms with Crippen molar-refractivity contribution < 1.29 is 9.59 Å². The van der Waals surface area contributed by atoms with Crippen LogP contribution in [-0.4, -0.2) is 11.8 Å². The van der Waals surface area contributed by atoms with Crippen LogP contribution in [0.3, 0.4) is 0 Å². The van der Waals surface area contributed by atoms with Crippen molar-refractivity contribution in [3.05, 3.63) is 94.5 Å². The third-order valence-electron chi connectivity index (χ3n) is 5.48. The number of β-lactam (4-membered cyclic amide) rings is 1. The fourth-order valence-electron chi connectivity index (χ4n) is 3.91. The van der Waals surface area contributed by atoms with Crippen molar-refractivity contribution in [1.29, 1.82) is 0 Å². The van der Waals surface area contributed by atoms with Crippen LogP contribution in [0, 0.1) is 13.8 Å². The molecule has 1 heterocycles. The van der Waals surface area contributed by atoms with Gasteiger partial charge in [-0.15, -0.1) is 0 Å². The number of aryl methyl sites for hydroxylation is 2. The van der Waals surface area contributed by atoms with Gasteiger partial charge < -0.3 is 5.32 Å². The highest BCUT2D eigenvalue weighted by Gasteiger charge is 2.59. The van der Waals surface area contributed by atoms with Gasteiger partial charge in [0.25, 0.3) is 5.91 Å². The number of rotatable bonds is 4. The lowest BCUT2D eigenvalue weighted by atomic mass is 9.75. The number of benzene rings is 3. The third kappa shape index (κ3) is 3.10. The van der Waals surface area contributed by atoms with E-state index in [0.717, 1.165) is 11.1 Å². The van der Waals surface area contributed by atoms with Gasteiger partial charge in [0.05, 0.1) is 6.42 Å². The summed E-state index contributed by atoms with van der Waals surface area (Å²) in [6.07, 6.45) is 0.0583. The summed E-state index contributed by atoms with van der Waals surface area (Å²) in [5.41, 5.74) is 2.71. The van der Waals surface area contributed by atoms with Crippen LogP contribution in [0.2, 0.25) is 5.02 Å². The molecule has 3 aromatic carbocycles. The molecule has 0 bridgehead atoms. The normalized spacial score (nSPS) is 18.3. The number of carbonyl (C=O) groups is 2. The van der Waals surface area contributed by atoms with Crippen molar-refractivity contribution in [1.82, 2.24) is 0 Å². The van der Waals surface area contributed by atoms with Crippen molar-refractivity contribution >= 4 is 34.8 Å². The van der Waals surface area contributed by atoms with Crippen molar-refractivity contribution in [2.24, 2.45) is 0 Å². The van der Waals surface area contributed by atoms with E-state index in [9.17, 15) is 9.59 Å². The zero-order valence-corrected chi connectivity index (χ0v) is 17.0. The first kappa shape index (κ1) is 19.2. The molecule has 1 aliphatic heterocycles. The molecule has 1 N–H and O–H groups in total. The summed E-state index contributed by atoms with van der Waals surface area (Å²) in [6.45, 7) is 3.86. The molecule has 0 aliphatic carbocycles. The number of halogens is 1. The van der Waals surface area contributed by atoms with Crippen LogP contribution in [0.4, 0.5) is 11.4 Å². The summed E-state index contributed by atoms with van der Waals surface area (Å²) in [5.74, 6) is -0.387. The molecule has 1 fully saturated rings. The van der Waals surface area contributed by atoms with E-state index in [1.54, 1.807) is 11.0 Å². The molecule has 146 valence electrons. The predicted octanol–water partition coefficient (Wildman–Crippen LogP) is 5.23. The summed E-state index contributed by atoms with van der Waals surface area (Å²) < 4.78 is 0. The lowest BCUT2D eigenvalue weighted by molar-refractivity contribution is -0.137. The number of para-hydroxylation sites is 2. The second-order valence-corrected chi connectivity index (χ2v) is 7.71. The zero-order valence-electron chi connectivity index (χ0n) is 16.3. The van der Waals surface area contributed by atoms with E-state index in [0.29, 0.717) is 22.0 Å². The maximum Gasteiger partial charge on any atom is 0.256 e. The van der Waals surface area contributed by atoms with Crippen LogP contribution >= 0.6 is 11.6 Å². The van der Waals surface area contributed by atoms with E-state index in [2.05, 4.69) is 5.32 Å². The smallest absolute Gasteiger partial charge is 0.256 e. The third-order valence-corrected chi connectivity index (χ3v) is 5.81. The largest absolute Gasteiger partial charge is 0.323 e. The first-order chi connectivity index (χ1) is 13.9. The van der Waals surface area contributed by atoms with E-state index in [-0.39, 0.29) is 18.2 Å². The number of hydrogen-bond donors (Lipinski definition) is 1. The minimum absolute atomic E-state index is 0.0583. The number of carbonyl (C=O) groups excluding carboxylic acids is 2. The molecule has 4 rings (SSSR count). The molecule has 29 heavy (non-hydrogen) atoms. The number of nitrogens with zero attached hydrogens (tertiary/aromatic N) is 1. The minimum Gasteiger partial charge on any atom is -0.323 e. The van der Waals surface area contributed by atoms with Gasteiger partial charge in [-0.3, -0.25) is 14.5 Å². The lowest BCUT2D eigenvalue weighted by Gasteiger charge is -2.51. The van der Waals surface area contributed by atoms with Crippen molar-refractivity contribution in [2.75, 3.05) is 10.2 Å². The van der Waals surface area contributed by atoms with Crippen molar-refractivity contribution in [2.45, 2.75) is 25.8 Å². The van der Waals surface area contributed by atoms with E-state index in [4.69, 9.17) is 11.6 Å². The Labute approximate surface area is 175 Å². The highest BCUT2D eigenvalue weighted by molar-refractivity contribution is 6.32. The number of anilines is 2. The summed E-state index contributed by atoms with van der Waals surface area (Å²) in [6, 6.07) is 22.4. The van der Waals surface area contributed by atoms with Gasteiger partial charge in [0.2, 0.25) is 5.91 Å². The molecule has 1 saturated heterocycles. The molecule has 0 spiro atoms. The van der Waals surface area contributed by atoms with Crippen LogP contribution < -0.4 is 10.2 Å². The molecule has 3 aromatic rings. The monoisotopic (exact) mass is 404 g/mol. The van der Waals surface area contributed by atoms with Crippen molar-refractivity contribution in [3.8, 4) is 0 Å². The molecule has 5 heteroatoms. The number of nitrogens with one attached hydrogen (secondary N) is 1. The number of hydrogen-bond acceptors (Lipinski definition) is 2. The average Bonchev–Trinajstić information content (AvgIpc) is 2.70. The second-order valence-electron chi connectivity index (χ2n) is 7.30. The summed E-state index contributed by atoms with van der Waals surface area (Å²) in [5, 5.41) is 3.48. The number of amides is 2. The first-order valence-electron chi connectivity index (χ1n) is 9.46. The zero-order chi connectivity index (χ0) is 20.6. The van der Waals surface area contributed by atoms with Crippen LogP contribution in [0.15, 0.2) is 72.8 Å². The van der Waals surface area contributed by atoms with E-state index in [1.807, 2.05) is 80.6 Å². The molecule has 1 unspecified atom stereocenters. The van der Waals surface area contributed by atoms with Gasteiger partial charge in [0, 0.05) is 22.0 Å². The maximum absolute atomic E-state index is 13.7. The molecule has 2 amide bonds. The quantitative estimate of drug-likeness (QED) is 0.605. The SMILES string of the molecule is Cc1ccccc1NC(=O)C1(c2ccccc2Cl)CC(=O)N1c1ccccc1C. The van der Waals surface area contributed by atoms with Gasteiger partial charge in [-0.25, -0.2) is 0 Å². The highest BCUT2D eigenvalue weighted by atomic mass is 35.5. The fourth-order valence-corrected chi connectivity index (χ4v) is 4.20. The maximum atomic E-state index is 13.7. The summed E-state index contributed by atoms with van der Waals surface area (Å²) >= 11 is 6.52. The van der Waals surface area contributed by atoms with Gasteiger partial charge in [0.1, 0.15) is 0 Å². The Kier molecular flexibility index (Phi) is 4.89. The molecule has 4 nitrogen and oxygen atoms in total. The molecule has 0 radical (unpaired) electrons. The Hall–Kier alpha value is -3.11.